The largest absolute Gasteiger partial charge is 0.462 e. The van der Waals surface area contributed by atoms with Gasteiger partial charge < -0.3 is 35.2 Å². The van der Waals surface area contributed by atoms with Gasteiger partial charge in [-0.25, -0.2) is 0 Å². The van der Waals surface area contributed by atoms with Crippen LogP contribution in [-0.4, -0.2) is 63.2 Å². The minimum absolute atomic E-state index is 0.384. The number of ether oxygens (including phenoxy) is 2. The van der Waals surface area contributed by atoms with E-state index in [1.54, 1.807) is 24.3 Å². The Morgan fingerprint density at radius 3 is 2.38 bits per heavy atom. The zero-order valence-corrected chi connectivity index (χ0v) is 11.7. The van der Waals surface area contributed by atoms with E-state index in [0.717, 1.165) is 0 Å². The van der Waals surface area contributed by atoms with E-state index in [-0.39, 0.29) is 0 Å². The summed E-state index contributed by atoms with van der Waals surface area (Å²) < 4.78 is 10.7. The summed E-state index contributed by atoms with van der Waals surface area (Å²) in [6.07, 6.45) is -6.51. The van der Waals surface area contributed by atoms with Gasteiger partial charge in [0, 0.05) is 5.69 Å². The molecule has 5 atom stereocenters. The number of anilines is 1. The van der Waals surface area contributed by atoms with Gasteiger partial charge in [0.15, 0.2) is 0 Å². The maximum Gasteiger partial charge on any atom is 0.229 e. The summed E-state index contributed by atoms with van der Waals surface area (Å²) in [6, 6.07) is 6.57. The predicted molar refractivity (Wildman–Crippen MR) is 77.1 cm³/mol. The molecule has 0 aliphatic carbocycles. The molecule has 2 rings (SSSR count). The van der Waals surface area contributed by atoms with Crippen molar-refractivity contribution in [1.29, 1.82) is 0 Å². The standard InChI is InChI=1S/C13H16NO6S/c15-5-9-10(16)11(17)12(18)13(20-9)19-8-3-1-7(2-4-8)14-6-21/h1-4,9-13,15-18H,5H2,(H,14,21)/t9-,10-,11+,12-,13?/m1/s1. The Morgan fingerprint density at radius 1 is 1.14 bits per heavy atom. The van der Waals surface area contributed by atoms with Crippen molar-refractivity contribution in [2.75, 3.05) is 11.9 Å². The zero-order valence-electron chi connectivity index (χ0n) is 10.9. The quantitative estimate of drug-likeness (QED) is 0.352. The normalized spacial score (nSPS) is 32.5. The van der Waals surface area contributed by atoms with Gasteiger partial charge in [0.25, 0.3) is 0 Å². The second-order valence-electron chi connectivity index (χ2n) is 4.57. The highest BCUT2D eigenvalue weighted by Crippen LogP contribution is 2.25. The highest BCUT2D eigenvalue weighted by molar-refractivity contribution is 7.79. The predicted octanol–water partition coefficient (Wildman–Crippen LogP) is -0.889. The van der Waals surface area contributed by atoms with Crippen molar-refractivity contribution in [2.45, 2.75) is 30.7 Å². The Morgan fingerprint density at radius 2 is 1.81 bits per heavy atom. The molecule has 0 amide bonds. The highest BCUT2D eigenvalue weighted by Gasteiger charge is 2.44. The van der Waals surface area contributed by atoms with Crippen LogP contribution in [0.5, 0.6) is 5.75 Å². The lowest BCUT2D eigenvalue weighted by Crippen LogP contribution is -2.60. The summed E-state index contributed by atoms with van der Waals surface area (Å²) in [5.41, 5.74) is 3.07. The van der Waals surface area contributed by atoms with E-state index < -0.39 is 37.3 Å². The van der Waals surface area contributed by atoms with Gasteiger partial charge >= 0.3 is 0 Å². The molecule has 7 nitrogen and oxygen atoms in total. The van der Waals surface area contributed by atoms with Crippen molar-refractivity contribution in [3.05, 3.63) is 24.3 Å². The topological polar surface area (TPSA) is 111 Å². The molecule has 1 radical (unpaired) electrons. The lowest BCUT2D eigenvalue weighted by atomic mass is 9.99. The molecule has 1 fully saturated rings. The molecule has 1 saturated heterocycles. The Hall–Kier alpha value is -1.29. The summed E-state index contributed by atoms with van der Waals surface area (Å²) in [7, 11) is 0. The molecular formula is C13H16NO6S. The van der Waals surface area contributed by atoms with Crippen LogP contribution in [0.25, 0.3) is 0 Å². The van der Waals surface area contributed by atoms with E-state index in [1.807, 2.05) is 0 Å². The number of hydrogen-bond acceptors (Lipinski definition) is 7. The van der Waals surface area contributed by atoms with Gasteiger partial charge in [0.2, 0.25) is 6.29 Å². The molecule has 0 saturated carbocycles. The molecule has 0 aromatic heterocycles. The summed E-state index contributed by atoms with van der Waals surface area (Å²) in [4.78, 5) is 0. The zero-order chi connectivity index (χ0) is 15.4. The molecule has 1 heterocycles. The Labute approximate surface area is 126 Å². The maximum atomic E-state index is 9.84. The van der Waals surface area contributed by atoms with Gasteiger partial charge in [-0.3, -0.25) is 0 Å². The van der Waals surface area contributed by atoms with Crippen LogP contribution in [0.4, 0.5) is 5.69 Å². The van der Waals surface area contributed by atoms with Gasteiger partial charge in [-0.15, -0.1) is 0 Å². The van der Waals surface area contributed by atoms with Crippen LogP contribution in [0.3, 0.4) is 0 Å². The average molecular weight is 314 g/mol. The molecule has 5 N–H and O–H groups in total. The highest BCUT2D eigenvalue weighted by atomic mass is 32.1. The number of hydrogen-bond donors (Lipinski definition) is 5. The summed E-state index contributed by atoms with van der Waals surface area (Å²) in [5, 5.41) is 40.9. The van der Waals surface area contributed by atoms with Crippen molar-refractivity contribution < 1.29 is 29.9 Å². The molecule has 21 heavy (non-hydrogen) atoms. The first-order chi connectivity index (χ1) is 10.1. The molecule has 0 spiro atoms. The lowest BCUT2D eigenvalue weighted by Gasteiger charge is -2.39. The smallest absolute Gasteiger partial charge is 0.229 e. The molecule has 1 aromatic carbocycles. The van der Waals surface area contributed by atoms with Crippen LogP contribution in [0.1, 0.15) is 0 Å². The van der Waals surface area contributed by atoms with Gasteiger partial charge in [-0.05, 0) is 24.3 Å². The molecule has 1 unspecified atom stereocenters. The molecule has 1 aliphatic heterocycles. The number of aliphatic hydroxyl groups excluding tert-OH is 4. The fraction of sp³-hybridized carbons (Fsp3) is 0.462. The molecule has 115 valence electrons. The minimum Gasteiger partial charge on any atom is -0.462 e. The molecule has 0 bridgehead atoms. The van der Waals surface area contributed by atoms with Crippen molar-refractivity contribution in [3.8, 4) is 5.75 Å². The molecule has 1 aliphatic rings. The van der Waals surface area contributed by atoms with Crippen LogP contribution in [0, 0.1) is 0 Å². The monoisotopic (exact) mass is 314 g/mol. The SMILES string of the molecule is OC[C@H]1OC(Oc2ccc(N[C]=S)cc2)[C@H](O)[C@@H](O)[C@@H]1O. The van der Waals surface area contributed by atoms with Crippen LogP contribution >= 0.6 is 12.2 Å². The Kier molecular flexibility index (Phi) is 5.45. The number of thiocarbonyl (C=S) groups is 1. The fourth-order valence-corrected chi connectivity index (χ4v) is 2.09. The van der Waals surface area contributed by atoms with Gasteiger partial charge in [0.05, 0.1) is 6.61 Å². The van der Waals surface area contributed by atoms with Crippen LogP contribution < -0.4 is 10.1 Å². The third kappa shape index (κ3) is 3.67. The van der Waals surface area contributed by atoms with Crippen LogP contribution in [-0.2, 0) is 4.74 Å². The van der Waals surface area contributed by atoms with Crippen molar-refractivity contribution >= 4 is 23.4 Å². The first kappa shape index (κ1) is 16.1. The van der Waals surface area contributed by atoms with E-state index in [4.69, 9.17) is 14.6 Å². The van der Waals surface area contributed by atoms with Crippen molar-refractivity contribution in [3.63, 3.8) is 0 Å². The second-order valence-corrected chi connectivity index (χ2v) is 4.77. The first-order valence-electron chi connectivity index (χ1n) is 6.27. The van der Waals surface area contributed by atoms with Crippen molar-refractivity contribution in [2.24, 2.45) is 0 Å². The van der Waals surface area contributed by atoms with E-state index >= 15 is 0 Å². The Balaban J connectivity index is 2.05. The third-order valence-electron chi connectivity index (χ3n) is 3.15. The van der Waals surface area contributed by atoms with E-state index in [2.05, 4.69) is 23.0 Å². The van der Waals surface area contributed by atoms with E-state index in [0.29, 0.717) is 11.4 Å². The van der Waals surface area contributed by atoms with E-state index in [1.165, 1.54) is 0 Å². The number of rotatable bonds is 5. The van der Waals surface area contributed by atoms with Gasteiger partial charge in [0.1, 0.15) is 35.7 Å². The summed E-state index contributed by atoms with van der Waals surface area (Å²) >= 11 is 4.54. The lowest BCUT2D eigenvalue weighted by molar-refractivity contribution is -0.277. The van der Waals surface area contributed by atoms with Crippen molar-refractivity contribution in [1.82, 2.24) is 0 Å². The number of aliphatic hydroxyl groups is 4. The minimum atomic E-state index is -1.47. The van der Waals surface area contributed by atoms with Gasteiger partial charge in [-0.1, -0.05) is 12.2 Å². The Bertz CT molecular complexity index is 468. The number of nitrogens with one attached hydrogen (secondary N) is 1. The van der Waals surface area contributed by atoms with Crippen LogP contribution in [0.2, 0.25) is 0 Å². The maximum absolute atomic E-state index is 9.84. The summed E-state index contributed by atoms with van der Waals surface area (Å²) in [5.74, 6) is 0.384. The number of benzene rings is 1. The van der Waals surface area contributed by atoms with Gasteiger partial charge in [-0.2, -0.15) is 0 Å². The van der Waals surface area contributed by atoms with E-state index in [9.17, 15) is 15.3 Å². The molecular weight excluding hydrogens is 298 g/mol. The molecule has 1 aromatic rings. The van der Waals surface area contributed by atoms with Crippen LogP contribution in [0.15, 0.2) is 24.3 Å². The molecule has 8 heteroatoms. The fourth-order valence-electron chi connectivity index (χ4n) is 1.97. The average Bonchev–Trinajstić information content (AvgIpc) is 2.50. The third-order valence-corrected chi connectivity index (χ3v) is 3.25. The second kappa shape index (κ2) is 7.12. The summed E-state index contributed by atoms with van der Waals surface area (Å²) in [6.45, 7) is -0.502. The first-order valence-corrected chi connectivity index (χ1v) is 6.68.